The standard InChI is InChI=1S/C12H16ClNO3S/c1-3-9(2)12(15)14-8-10-4-6-11(7-5-10)18(13,16)17/h4-7,9H,3,8H2,1-2H3,(H,14,15). The van der Waals surface area contributed by atoms with Gasteiger partial charge in [0.1, 0.15) is 0 Å². The number of amides is 1. The Balaban J connectivity index is 2.63. The zero-order valence-corrected chi connectivity index (χ0v) is 11.9. The van der Waals surface area contributed by atoms with Gasteiger partial charge in [-0.15, -0.1) is 0 Å². The summed E-state index contributed by atoms with van der Waals surface area (Å²) in [5, 5.41) is 2.79. The minimum absolute atomic E-state index is 0.00783. The second-order valence-electron chi connectivity index (χ2n) is 4.11. The Morgan fingerprint density at radius 3 is 2.33 bits per heavy atom. The van der Waals surface area contributed by atoms with Gasteiger partial charge in [-0.05, 0) is 24.1 Å². The molecular formula is C12H16ClNO3S. The molecule has 0 bridgehead atoms. The number of carbonyl (C=O) groups excluding carboxylic acids is 1. The molecule has 4 nitrogen and oxygen atoms in total. The van der Waals surface area contributed by atoms with Crippen LogP contribution in [0.25, 0.3) is 0 Å². The average molecular weight is 290 g/mol. The fourth-order valence-electron chi connectivity index (χ4n) is 1.32. The molecule has 6 heteroatoms. The predicted octanol–water partition coefficient (Wildman–Crippen LogP) is 2.28. The van der Waals surface area contributed by atoms with Crippen molar-refractivity contribution in [2.24, 2.45) is 5.92 Å². The van der Waals surface area contributed by atoms with E-state index in [-0.39, 0.29) is 16.7 Å². The van der Waals surface area contributed by atoms with E-state index in [4.69, 9.17) is 10.7 Å². The first-order valence-electron chi connectivity index (χ1n) is 5.66. The van der Waals surface area contributed by atoms with Crippen molar-refractivity contribution in [1.82, 2.24) is 5.32 Å². The molecule has 0 aliphatic heterocycles. The van der Waals surface area contributed by atoms with Gasteiger partial charge in [0, 0.05) is 23.1 Å². The van der Waals surface area contributed by atoms with Crippen LogP contribution < -0.4 is 5.32 Å². The second kappa shape index (κ2) is 6.20. The van der Waals surface area contributed by atoms with Crippen molar-refractivity contribution in [3.05, 3.63) is 29.8 Å². The molecule has 1 unspecified atom stereocenters. The Bertz CT molecular complexity index is 511. The van der Waals surface area contributed by atoms with E-state index in [0.717, 1.165) is 12.0 Å². The molecule has 1 amide bonds. The second-order valence-corrected chi connectivity index (χ2v) is 6.67. The number of carbonyl (C=O) groups is 1. The largest absolute Gasteiger partial charge is 0.352 e. The van der Waals surface area contributed by atoms with E-state index in [1.54, 1.807) is 12.1 Å². The maximum absolute atomic E-state index is 11.5. The normalized spacial score (nSPS) is 13.1. The van der Waals surface area contributed by atoms with Gasteiger partial charge in [-0.1, -0.05) is 26.0 Å². The van der Waals surface area contributed by atoms with Crippen LogP contribution in [0.2, 0.25) is 0 Å². The molecule has 0 fully saturated rings. The minimum Gasteiger partial charge on any atom is -0.352 e. The van der Waals surface area contributed by atoms with Crippen LogP contribution in [0.4, 0.5) is 0 Å². The highest BCUT2D eigenvalue weighted by Gasteiger charge is 2.11. The Morgan fingerprint density at radius 2 is 1.89 bits per heavy atom. The fraction of sp³-hybridized carbons (Fsp3) is 0.417. The third-order valence-corrected chi connectivity index (χ3v) is 4.10. The molecule has 1 atom stereocenters. The number of hydrogen-bond acceptors (Lipinski definition) is 3. The van der Waals surface area contributed by atoms with Crippen LogP contribution in [0.15, 0.2) is 29.2 Å². The Labute approximate surface area is 112 Å². The summed E-state index contributed by atoms with van der Waals surface area (Å²) in [6.45, 7) is 4.19. The van der Waals surface area contributed by atoms with Crippen LogP contribution in [0, 0.1) is 5.92 Å². The lowest BCUT2D eigenvalue weighted by Gasteiger charge is -2.10. The van der Waals surface area contributed by atoms with Crippen LogP contribution in [0.3, 0.4) is 0 Å². The molecule has 0 saturated carbocycles. The number of hydrogen-bond donors (Lipinski definition) is 1. The Morgan fingerprint density at radius 1 is 1.33 bits per heavy atom. The summed E-state index contributed by atoms with van der Waals surface area (Å²) >= 11 is 0. The zero-order valence-electron chi connectivity index (χ0n) is 10.3. The molecule has 0 aromatic heterocycles. The van der Waals surface area contributed by atoms with E-state index in [9.17, 15) is 13.2 Å². The molecule has 0 heterocycles. The van der Waals surface area contributed by atoms with Crippen molar-refractivity contribution in [1.29, 1.82) is 0 Å². The maximum Gasteiger partial charge on any atom is 0.261 e. The van der Waals surface area contributed by atoms with Crippen molar-refractivity contribution in [3.8, 4) is 0 Å². The molecule has 0 radical (unpaired) electrons. The average Bonchev–Trinajstić information content (AvgIpc) is 2.34. The van der Waals surface area contributed by atoms with Crippen LogP contribution in [-0.2, 0) is 20.4 Å². The van der Waals surface area contributed by atoms with Crippen molar-refractivity contribution in [2.75, 3.05) is 0 Å². The van der Waals surface area contributed by atoms with Gasteiger partial charge >= 0.3 is 0 Å². The third-order valence-electron chi connectivity index (χ3n) is 2.73. The lowest BCUT2D eigenvalue weighted by Crippen LogP contribution is -2.28. The summed E-state index contributed by atoms with van der Waals surface area (Å²) in [6.07, 6.45) is 0.787. The minimum atomic E-state index is -3.68. The monoisotopic (exact) mass is 289 g/mol. The van der Waals surface area contributed by atoms with Gasteiger partial charge in [0.15, 0.2) is 0 Å². The van der Waals surface area contributed by atoms with Crippen LogP contribution in [0.5, 0.6) is 0 Å². The van der Waals surface area contributed by atoms with E-state index in [1.165, 1.54) is 12.1 Å². The molecule has 0 aliphatic rings. The molecule has 0 spiro atoms. The highest BCUT2D eigenvalue weighted by molar-refractivity contribution is 8.13. The molecule has 0 saturated heterocycles. The summed E-state index contributed by atoms with van der Waals surface area (Å²) in [4.78, 5) is 11.6. The number of nitrogens with one attached hydrogen (secondary N) is 1. The third kappa shape index (κ3) is 4.31. The van der Waals surface area contributed by atoms with Crippen molar-refractivity contribution < 1.29 is 13.2 Å². The van der Waals surface area contributed by atoms with Crippen molar-refractivity contribution in [3.63, 3.8) is 0 Å². The van der Waals surface area contributed by atoms with E-state index >= 15 is 0 Å². The maximum atomic E-state index is 11.5. The highest BCUT2D eigenvalue weighted by Crippen LogP contribution is 2.15. The molecule has 1 rings (SSSR count). The van der Waals surface area contributed by atoms with Gasteiger partial charge in [0.25, 0.3) is 9.05 Å². The SMILES string of the molecule is CCC(C)C(=O)NCc1ccc(S(=O)(=O)Cl)cc1. The first kappa shape index (κ1) is 15.0. The first-order chi connectivity index (χ1) is 8.34. The van der Waals surface area contributed by atoms with E-state index in [1.807, 2.05) is 13.8 Å². The van der Waals surface area contributed by atoms with Crippen LogP contribution >= 0.6 is 10.7 Å². The van der Waals surface area contributed by atoms with Gasteiger partial charge in [0.2, 0.25) is 5.91 Å². The molecule has 1 aromatic carbocycles. The molecule has 0 aliphatic carbocycles. The quantitative estimate of drug-likeness (QED) is 0.846. The fourth-order valence-corrected chi connectivity index (χ4v) is 2.09. The highest BCUT2D eigenvalue weighted by atomic mass is 35.7. The van der Waals surface area contributed by atoms with Crippen LogP contribution in [-0.4, -0.2) is 14.3 Å². The predicted molar refractivity (Wildman–Crippen MR) is 70.8 cm³/mol. The Kier molecular flexibility index (Phi) is 5.16. The summed E-state index contributed by atoms with van der Waals surface area (Å²) < 4.78 is 22.1. The topological polar surface area (TPSA) is 63.2 Å². The smallest absolute Gasteiger partial charge is 0.261 e. The lowest BCUT2D eigenvalue weighted by atomic mass is 10.1. The van der Waals surface area contributed by atoms with Crippen molar-refractivity contribution >= 4 is 25.6 Å². The van der Waals surface area contributed by atoms with Gasteiger partial charge in [-0.25, -0.2) is 8.42 Å². The molecular weight excluding hydrogens is 274 g/mol. The van der Waals surface area contributed by atoms with Gasteiger partial charge in [-0.3, -0.25) is 4.79 Å². The molecule has 100 valence electrons. The van der Waals surface area contributed by atoms with Crippen molar-refractivity contribution in [2.45, 2.75) is 31.7 Å². The molecule has 1 N–H and O–H groups in total. The summed E-state index contributed by atoms with van der Waals surface area (Å²) in [7, 11) is 1.52. The molecule has 18 heavy (non-hydrogen) atoms. The van der Waals surface area contributed by atoms with E-state index in [2.05, 4.69) is 5.32 Å². The van der Waals surface area contributed by atoms with Crippen LogP contribution in [0.1, 0.15) is 25.8 Å². The Hall–Kier alpha value is -1.07. The zero-order chi connectivity index (χ0) is 13.8. The summed E-state index contributed by atoms with van der Waals surface area (Å²) in [6, 6.07) is 6.11. The summed E-state index contributed by atoms with van der Waals surface area (Å²) in [5.74, 6) is -0.0287. The lowest BCUT2D eigenvalue weighted by molar-refractivity contribution is -0.124. The number of benzene rings is 1. The van der Waals surface area contributed by atoms with Gasteiger partial charge in [-0.2, -0.15) is 0 Å². The molecule has 1 aromatic rings. The summed E-state index contributed by atoms with van der Waals surface area (Å²) in [5.41, 5.74) is 0.829. The van der Waals surface area contributed by atoms with E-state index < -0.39 is 9.05 Å². The van der Waals surface area contributed by atoms with E-state index in [0.29, 0.717) is 6.54 Å². The first-order valence-corrected chi connectivity index (χ1v) is 7.97. The van der Waals surface area contributed by atoms with Gasteiger partial charge in [0.05, 0.1) is 4.90 Å². The van der Waals surface area contributed by atoms with Gasteiger partial charge < -0.3 is 5.32 Å². The number of rotatable bonds is 5. The number of halogens is 1.